The molecule has 2 heterocycles. The summed E-state index contributed by atoms with van der Waals surface area (Å²) in [6.07, 6.45) is 4.98. The van der Waals surface area contributed by atoms with E-state index in [0.29, 0.717) is 18.3 Å². The third-order valence-electron chi connectivity index (χ3n) is 8.24. The number of rotatable bonds is 6. The largest absolute Gasteiger partial charge is 0.487 e. The summed E-state index contributed by atoms with van der Waals surface area (Å²) in [6.45, 7) is 0.413. The highest BCUT2D eigenvalue weighted by Gasteiger charge is 2.53. The number of nitrogens with zero attached hydrogens (tertiary/aromatic N) is 4. The van der Waals surface area contributed by atoms with Gasteiger partial charge in [0.15, 0.2) is 0 Å². The maximum atomic E-state index is 6.35. The summed E-state index contributed by atoms with van der Waals surface area (Å²) in [6, 6.07) is 29.6. The van der Waals surface area contributed by atoms with Crippen LogP contribution in [0, 0.1) is 11.8 Å². The summed E-state index contributed by atoms with van der Waals surface area (Å²) in [7, 11) is 0. The molecule has 6 nitrogen and oxygen atoms in total. The molecule has 2 fully saturated rings. The normalized spacial score (nSPS) is 22.8. The van der Waals surface area contributed by atoms with Crippen LogP contribution in [-0.2, 0) is 12.0 Å². The van der Waals surface area contributed by atoms with E-state index in [9.17, 15) is 0 Å². The highest BCUT2D eigenvalue weighted by atomic mass is 16.5. The van der Waals surface area contributed by atoms with Crippen LogP contribution in [0.3, 0.4) is 0 Å². The highest BCUT2D eigenvalue weighted by Crippen LogP contribution is 2.61. The van der Waals surface area contributed by atoms with Crippen molar-refractivity contribution in [2.45, 2.75) is 37.7 Å². The van der Waals surface area contributed by atoms with Gasteiger partial charge in [-0.1, -0.05) is 61.0 Å². The summed E-state index contributed by atoms with van der Waals surface area (Å²) in [5.41, 5.74) is 5.45. The van der Waals surface area contributed by atoms with E-state index < -0.39 is 0 Å². The fourth-order valence-electron chi connectivity index (χ4n) is 6.70. The quantitative estimate of drug-likeness (QED) is 0.322. The van der Waals surface area contributed by atoms with Gasteiger partial charge in [-0.05, 0) is 77.8 Å². The minimum atomic E-state index is -0.0826. The van der Waals surface area contributed by atoms with Crippen LogP contribution in [0.4, 0.5) is 0 Å². The van der Waals surface area contributed by atoms with Crippen LogP contribution in [0.1, 0.15) is 42.5 Å². The summed E-state index contributed by atoms with van der Waals surface area (Å²) < 4.78 is 6.35. The van der Waals surface area contributed by atoms with Crippen LogP contribution in [-0.4, -0.2) is 25.6 Å². The lowest BCUT2D eigenvalue weighted by molar-refractivity contribution is 0.296. The number of pyridine rings is 1. The molecule has 7 rings (SSSR count). The Balaban J connectivity index is 1.30. The van der Waals surface area contributed by atoms with Crippen molar-refractivity contribution in [3.63, 3.8) is 0 Å². The molecule has 178 valence electrons. The zero-order valence-corrected chi connectivity index (χ0v) is 20.0. The van der Waals surface area contributed by atoms with Crippen molar-refractivity contribution in [2.24, 2.45) is 11.8 Å². The molecule has 0 unspecified atom stereocenters. The third-order valence-corrected chi connectivity index (χ3v) is 8.24. The molecule has 0 aliphatic heterocycles. The fourth-order valence-corrected chi connectivity index (χ4v) is 6.70. The molecular formula is C30H27N5O. The first-order valence-electron chi connectivity index (χ1n) is 12.7. The standard InChI is InChI=1S/C30H27N5O/c1-2-7-22(8-3-1)30(18-20-10-12-23(30)16-20)27-17-25(14-15-26(27)29-32-34-35-33-29)36-19-24-13-11-21-6-4-5-9-28(21)31-24/h1-9,11,13-15,17,20,23H,10,12,16,18-19H2,(H,32,33,34,35)/t20-,23-,30-/m0/s1. The average Bonchev–Trinajstić information content (AvgIpc) is 3.71. The Morgan fingerprint density at radius 1 is 0.917 bits per heavy atom. The van der Waals surface area contributed by atoms with Gasteiger partial charge in [-0.3, -0.25) is 0 Å². The number of H-pyrrole nitrogens is 1. The smallest absolute Gasteiger partial charge is 0.204 e. The minimum absolute atomic E-state index is 0.0826. The van der Waals surface area contributed by atoms with Crippen molar-refractivity contribution in [1.82, 2.24) is 25.6 Å². The van der Waals surface area contributed by atoms with Gasteiger partial charge in [0.25, 0.3) is 0 Å². The first-order chi connectivity index (χ1) is 17.8. The monoisotopic (exact) mass is 473 g/mol. The van der Waals surface area contributed by atoms with Gasteiger partial charge in [-0.15, -0.1) is 10.2 Å². The summed E-state index contributed by atoms with van der Waals surface area (Å²) >= 11 is 0. The van der Waals surface area contributed by atoms with Gasteiger partial charge in [0, 0.05) is 16.4 Å². The van der Waals surface area contributed by atoms with E-state index >= 15 is 0 Å². The molecule has 2 aliphatic rings. The molecule has 2 saturated carbocycles. The second kappa shape index (κ2) is 8.55. The van der Waals surface area contributed by atoms with Crippen LogP contribution in [0.2, 0.25) is 0 Å². The number of para-hydroxylation sites is 1. The van der Waals surface area contributed by atoms with E-state index in [1.807, 2.05) is 30.3 Å². The second-order valence-electron chi connectivity index (χ2n) is 10.1. The Morgan fingerprint density at radius 2 is 1.81 bits per heavy atom. The first kappa shape index (κ1) is 21.2. The maximum Gasteiger partial charge on any atom is 0.204 e. The van der Waals surface area contributed by atoms with Gasteiger partial charge in [0.05, 0.1) is 11.2 Å². The van der Waals surface area contributed by atoms with Crippen molar-refractivity contribution in [1.29, 1.82) is 0 Å². The number of tetrazole rings is 1. The molecule has 2 bridgehead atoms. The summed E-state index contributed by atoms with van der Waals surface area (Å²) in [4.78, 5) is 4.78. The van der Waals surface area contributed by atoms with Crippen LogP contribution < -0.4 is 4.74 Å². The number of fused-ring (bicyclic) bond motifs is 3. The van der Waals surface area contributed by atoms with Gasteiger partial charge < -0.3 is 4.74 Å². The van der Waals surface area contributed by atoms with E-state index in [0.717, 1.165) is 40.2 Å². The third kappa shape index (κ3) is 3.48. The van der Waals surface area contributed by atoms with Gasteiger partial charge in [-0.2, -0.15) is 5.21 Å². The predicted molar refractivity (Wildman–Crippen MR) is 138 cm³/mol. The van der Waals surface area contributed by atoms with E-state index in [1.54, 1.807) is 0 Å². The van der Waals surface area contributed by atoms with Crippen LogP contribution in [0.5, 0.6) is 5.75 Å². The number of benzene rings is 3. The lowest BCUT2D eigenvalue weighted by atomic mass is 9.63. The molecular weight excluding hydrogens is 446 g/mol. The Kier molecular flexibility index (Phi) is 5.05. The number of hydrogen-bond donors (Lipinski definition) is 1. The van der Waals surface area contributed by atoms with Gasteiger partial charge >= 0.3 is 0 Å². The Bertz CT molecular complexity index is 1520. The van der Waals surface area contributed by atoms with Crippen LogP contribution in [0.15, 0.2) is 84.9 Å². The van der Waals surface area contributed by atoms with E-state index in [-0.39, 0.29) is 5.41 Å². The zero-order valence-electron chi connectivity index (χ0n) is 20.0. The summed E-state index contributed by atoms with van der Waals surface area (Å²) in [5, 5.41) is 16.3. The molecule has 6 heteroatoms. The first-order valence-corrected chi connectivity index (χ1v) is 12.7. The molecule has 3 aromatic carbocycles. The predicted octanol–water partition coefficient (Wildman–Crippen LogP) is 6.10. The Morgan fingerprint density at radius 3 is 2.61 bits per heavy atom. The van der Waals surface area contributed by atoms with E-state index in [4.69, 9.17) is 9.72 Å². The molecule has 2 aromatic heterocycles. The number of ether oxygens (including phenoxy) is 1. The number of aromatic amines is 1. The molecule has 0 spiro atoms. The highest BCUT2D eigenvalue weighted by molar-refractivity contribution is 5.78. The lowest BCUT2D eigenvalue weighted by Gasteiger charge is -2.40. The van der Waals surface area contributed by atoms with E-state index in [1.165, 1.54) is 30.4 Å². The van der Waals surface area contributed by atoms with Crippen molar-refractivity contribution in [3.8, 4) is 17.1 Å². The molecule has 3 atom stereocenters. The molecule has 5 aromatic rings. The molecule has 36 heavy (non-hydrogen) atoms. The average molecular weight is 474 g/mol. The second-order valence-corrected chi connectivity index (χ2v) is 10.1. The topological polar surface area (TPSA) is 76.6 Å². The molecule has 0 saturated heterocycles. The van der Waals surface area contributed by atoms with Crippen molar-refractivity contribution >= 4 is 10.9 Å². The van der Waals surface area contributed by atoms with Crippen molar-refractivity contribution in [2.75, 3.05) is 0 Å². The molecule has 0 radical (unpaired) electrons. The molecule has 1 N–H and O–H groups in total. The minimum Gasteiger partial charge on any atom is -0.487 e. The van der Waals surface area contributed by atoms with Crippen LogP contribution >= 0.6 is 0 Å². The van der Waals surface area contributed by atoms with E-state index in [2.05, 4.69) is 75.2 Å². The van der Waals surface area contributed by atoms with Gasteiger partial charge in [0.1, 0.15) is 12.4 Å². The van der Waals surface area contributed by atoms with Gasteiger partial charge in [0.2, 0.25) is 5.82 Å². The van der Waals surface area contributed by atoms with Crippen LogP contribution in [0.25, 0.3) is 22.3 Å². The number of aromatic nitrogens is 5. The Labute approximate surface area is 209 Å². The number of nitrogens with one attached hydrogen (secondary N) is 1. The lowest BCUT2D eigenvalue weighted by Crippen LogP contribution is -2.34. The number of hydrogen-bond acceptors (Lipinski definition) is 5. The maximum absolute atomic E-state index is 6.35. The molecule has 0 amide bonds. The summed E-state index contributed by atoms with van der Waals surface area (Å²) in [5.74, 6) is 2.81. The van der Waals surface area contributed by atoms with Crippen molar-refractivity contribution < 1.29 is 4.74 Å². The zero-order chi connectivity index (χ0) is 24.0. The SMILES string of the molecule is c1ccc([C@@]2(c3cc(OCc4ccc5ccccc5n4)ccc3-c3nn[nH]n3)C[C@H]3CC[C@H]2C3)cc1. The van der Waals surface area contributed by atoms with Crippen molar-refractivity contribution in [3.05, 3.63) is 102 Å². The molecule has 2 aliphatic carbocycles. The Hall–Kier alpha value is -4.06. The van der Waals surface area contributed by atoms with Gasteiger partial charge in [-0.25, -0.2) is 4.98 Å². The fraction of sp³-hybridized carbons (Fsp3) is 0.267.